The van der Waals surface area contributed by atoms with Crippen LogP contribution in [0.5, 0.6) is 0 Å². The minimum absolute atomic E-state index is 0.909. The summed E-state index contributed by atoms with van der Waals surface area (Å²) in [5, 5.41) is 4.62. The van der Waals surface area contributed by atoms with Gasteiger partial charge in [0.1, 0.15) is 16.1 Å². The topological polar surface area (TPSA) is 38.7 Å². The first kappa shape index (κ1) is 8.02. The number of aromatic nitrogens is 3. The summed E-state index contributed by atoms with van der Waals surface area (Å²) in [6.07, 6.45) is 2.82. The van der Waals surface area contributed by atoms with E-state index < -0.39 is 0 Å². The summed E-state index contributed by atoms with van der Waals surface area (Å²) in [6.45, 7) is 0. The molecular weight excluding hydrogens is 214 g/mol. The van der Waals surface area contributed by atoms with Crippen LogP contribution in [0.2, 0.25) is 0 Å². The summed E-state index contributed by atoms with van der Waals surface area (Å²) in [4.78, 5) is 5.38. The average molecular weight is 218 g/mol. The molecule has 0 saturated heterocycles. The minimum Gasteiger partial charge on any atom is -0.235 e. The Kier molecular flexibility index (Phi) is 1.78. The zero-order valence-corrected chi connectivity index (χ0v) is 8.60. The van der Waals surface area contributed by atoms with E-state index in [2.05, 4.69) is 26.8 Å². The molecule has 0 spiro atoms. The Labute approximate surface area is 88.2 Å². The predicted molar refractivity (Wildman–Crippen MR) is 57.4 cm³/mol. The highest BCUT2D eigenvalue weighted by molar-refractivity contribution is 7.24. The van der Waals surface area contributed by atoms with Crippen LogP contribution < -0.4 is 0 Å². The molecule has 67 valence electrons. The molecule has 14 heavy (non-hydrogen) atoms. The van der Waals surface area contributed by atoms with Gasteiger partial charge in [-0.15, -0.1) is 16.4 Å². The third kappa shape index (κ3) is 1.21. The zero-order valence-electron chi connectivity index (χ0n) is 6.97. The monoisotopic (exact) mass is 218 g/mol. The third-order valence-corrected chi connectivity index (χ3v) is 3.63. The van der Waals surface area contributed by atoms with Crippen LogP contribution in [0.1, 0.15) is 0 Å². The van der Waals surface area contributed by atoms with Crippen LogP contribution in [-0.2, 0) is 0 Å². The van der Waals surface area contributed by atoms with E-state index in [4.69, 9.17) is 0 Å². The molecular formula is C9H4N3S2. The van der Waals surface area contributed by atoms with Crippen molar-refractivity contribution in [1.82, 2.24) is 14.6 Å². The molecule has 5 heteroatoms. The molecule has 3 aromatic rings. The van der Waals surface area contributed by atoms with Crippen molar-refractivity contribution in [3.8, 4) is 9.88 Å². The first-order valence-electron chi connectivity index (χ1n) is 3.99. The van der Waals surface area contributed by atoms with Crippen LogP contribution in [0.4, 0.5) is 0 Å². The van der Waals surface area contributed by atoms with Gasteiger partial charge in [-0.25, -0.2) is 4.98 Å². The fraction of sp³-hybridized carbons (Fsp3) is 0. The number of hydrogen-bond donors (Lipinski definition) is 0. The Morgan fingerprint density at radius 3 is 2.93 bits per heavy atom. The number of benzene rings is 1. The highest BCUT2D eigenvalue weighted by Gasteiger charge is 2.07. The molecule has 0 unspecified atom stereocenters. The maximum Gasteiger partial charge on any atom is 0.138 e. The Bertz CT molecular complexity index is 523. The summed E-state index contributed by atoms with van der Waals surface area (Å²) in [5.41, 5.74) is 1.02. The third-order valence-electron chi connectivity index (χ3n) is 1.81. The summed E-state index contributed by atoms with van der Waals surface area (Å²) < 4.78 is 4.96. The lowest BCUT2D eigenvalue weighted by Crippen LogP contribution is -1.68. The van der Waals surface area contributed by atoms with Gasteiger partial charge in [-0.1, -0.05) is 16.6 Å². The number of fused-ring (bicyclic) bond motifs is 1. The van der Waals surface area contributed by atoms with Crippen LogP contribution >= 0.6 is 22.9 Å². The molecule has 0 atom stereocenters. The highest BCUT2D eigenvalue weighted by Crippen LogP contribution is 2.30. The summed E-state index contributed by atoms with van der Waals surface area (Å²) >= 11 is 2.97. The van der Waals surface area contributed by atoms with Gasteiger partial charge in [0.25, 0.3) is 0 Å². The molecule has 3 rings (SSSR count). The number of rotatable bonds is 1. The maximum atomic E-state index is 4.47. The van der Waals surface area contributed by atoms with Gasteiger partial charge >= 0.3 is 0 Å². The van der Waals surface area contributed by atoms with Gasteiger partial charge in [0.15, 0.2) is 0 Å². The molecule has 0 aliphatic carbocycles. The second-order valence-electron chi connectivity index (χ2n) is 2.70. The van der Waals surface area contributed by atoms with E-state index in [-0.39, 0.29) is 0 Å². The normalized spacial score (nSPS) is 10.9. The maximum absolute atomic E-state index is 4.47. The highest BCUT2D eigenvalue weighted by atomic mass is 32.1. The number of para-hydroxylation sites is 1. The molecule has 2 aromatic heterocycles. The lowest BCUT2D eigenvalue weighted by atomic mass is 10.3. The van der Waals surface area contributed by atoms with Crippen molar-refractivity contribution in [3.63, 3.8) is 0 Å². The molecule has 0 aliphatic rings. The minimum atomic E-state index is 0.909. The average Bonchev–Trinajstić information content (AvgIpc) is 2.86. The Hall–Kier alpha value is -1.33. The van der Waals surface area contributed by atoms with Gasteiger partial charge in [0.2, 0.25) is 0 Å². The number of nitrogens with zero attached hydrogens (tertiary/aromatic N) is 3. The standard InChI is InChI=1S/C9H4N3S2/c1-2-4-7-6(3-1)11-9(13-7)8-5-10-12-14-8/h1-4H. The lowest BCUT2D eigenvalue weighted by Gasteiger charge is -1.81. The van der Waals surface area contributed by atoms with Crippen LogP contribution in [0.3, 0.4) is 0 Å². The van der Waals surface area contributed by atoms with E-state index in [0.29, 0.717) is 0 Å². The summed E-state index contributed by atoms with van der Waals surface area (Å²) in [6, 6.07) is 8.06. The van der Waals surface area contributed by atoms with Gasteiger partial charge in [0.05, 0.1) is 10.2 Å². The van der Waals surface area contributed by atoms with E-state index >= 15 is 0 Å². The first-order chi connectivity index (χ1) is 6.93. The van der Waals surface area contributed by atoms with E-state index in [9.17, 15) is 0 Å². The lowest BCUT2D eigenvalue weighted by molar-refractivity contribution is 1.15. The van der Waals surface area contributed by atoms with Crippen LogP contribution in [0.15, 0.2) is 24.3 Å². The van der Waals surface area contributed by atoms with Crippen molar-refractivity contribution < 1.29 is 0 Å². The van der Waals surface area contributed by atoms with Crippen LogP contribution in [-0.4, -0.2) is 14.6 Å². The fourth-order valence-electron chi connectivity index (χ4n) is 1.20. The number of thiazole rings is 1. The molecule has 0 aliphatic heterocycles. The van der Waals surface area contributed by atoms with Crippen molar-refractivity contribution >= 4 is 33.1 Å². The second kappa shape index (κ2) is 3.11. The molecule has 1 radical (unpaired) electrons. The van der Waals surface area contributed by atoms with Gasteiger partial charge in [-0.05, 0) is 23.7 Å². The quantitative estimate of drug-likeness (QED) is 0.630. The van der Waals surface area contributed by atoms with Crippen molar-refractivity contribution in [1.29, 1.82) is 0 Å². The Morgan fingerprint density at radius 1 is 1.21 bits per heavy atom. The SMILES string of the molecule is [c]1nnsc1-c1nc2ccccc2s1. The Balaban J connectivity index is 2.24. The van der Waals surface area contributed by atoms with E-state index in [1.54, 1.807) is 11.3 Å². The van der Waals surface area contributed by atoms with E-state index in [0.717, 1.165) is 15.4 Å². The molecule has 2 heterocycles. The van der Waals surface area contributed by atoms with Crippen LogP contribution in [0, 0.1) is 6.20 Å². The predicted octanol–water partition coefficient (Wildman–Crippen LogP) is 2.61. The van der Waals surface area contributed by atoms with Gasteiger partial charge in [0, 0.05) is 0 Å². The van der Waals surface area contributed by atoms with Crippen molar-refractivity contribution in [2.24, 2.45) is 0 Å². The molecule has 0 bridgehead atoms. The molecule has 3 nitrogen and oxygen atoms in total. The fourth-order valence-corrected chi connectivity index (χ4v) is 2.66. The molecule has 0 N–H and O–H groups in total. The zero-order chi connectivity index (χ0) is 9.38. The summed E-state index contributed by atoms with van der Waals surface area (Å²) in [5.74, 6) is 0. The number of hydrogen-bond acceptors (Lipinski definition) is 5. The van der Waals surface area contributed by atoms with Crippen LogP contribution in [0.25, 0.3) is 20.1 Å². The molecule has 0 fully saturated rings. The van der Waals surface area contributed by atoms with Crippen molar-refractivity contribution in [2.45, 2.75) is 0 Å². The molecule has 0 amide bonds. The van der Waals surface area contributed by atoms with Gasteiger partial charge in [-0.2, -0.15) is 0 Å². The second-order valence-corrected chi connectivity index (χ2v) is 4.49. The van der Waals surface area contributed by atoms with Gasteiger partial charge < -0.3 is 0 Å². The smallest absolute Gasteiger partial charge is 0.138 e. The van der Waals surface area contributed by atoms with Crippen molar-refractivity contribution in [2.75, 3.05) is 0 Å². The van der Waals surface area contributed by atoms with E-state index in [1.165, 1.54) is 16.2 Å². The largest absolute Gasteiger partial charge is 0.235 e. The Morgan fingerprint density at radius 2 is 2.14 bits per heavy atom. The van der Waals surface area contributed by atoms with Crippen molar-refractivity contribution in [3.05, 3.63) is 30.5 Å². The molecule has 1 aromatic carbocycles. The molecule has 0 saturated carbocycles. The summed E-state index contributed by atoms with van der Waals surface area (Å²) in [7, 11) is 0. The van der Waals surface area contributed by atoms with E-state index in [1.807, 2.05) is 18.2 Å². The first-order valence-corrected chi connectivity index (χ1v) is 5.58. The van der Waals surface area contributed by atoms with Gasteiger partial charge in [-0.3, -0.25) is 0 Å².